The summed E-state index contributed by atoms with van der Waals surface area (Å²) in [7, 11) is 2.02. The van der Waals surface area contributed by atoms with Crippen LogP contribution in [-0.2, 0) is 7.05 Å². The molecular formula is C19H20N6. The number of aliphatic imine (C=N–C) groups is 1. The highest BCUT2D eigenvalue weighted by Gasteiger charge is 2.30. The number of aryl methyl sites for hydroxylation is 1. The van der Waals surface area contributed by atoms with Gasteiger partial charge in [-0.2, -0.15) is 5.10 Å². The summed E-state index contributed by atoms with van der Waals surface area (Å²) in [6, 6.07) is 12.3. The third-order valence-corrected chi connectivity index (χ3v) is 4.85. The third kappa shape index (κ3) is 2.54. The number of imidazole rings is 1. The zero-order valence-electron chi connectivity index (χ0n) is 14.2. The fourth-order valence-corrected chi connectivity index (χ4v) is 3.42. The molecule has 0 atom stereocenters. The predicted octanol–water partition coefficient (Wildman–Crippen LogP) is 3.29. The fraction of sp³-hybridized carbons (Fsp3) is 0.316. The first-order valence-electron chi connectivity index (χ1n) is 8.78. The Bertz CT molecular complexity index is 932. The van der Waals surface area contributed by atoms with Crippen molar-refractivity contribution in [3.05, 3.63) is 60.3 Å². The van der Waals surface area contributed by atoms with E-state index in [1.165, 1.54) is 18.5 Å². The van der Waals surface area contributed by atoms with Gasteiger partial charge >= 0.3 is 0 Å². The second-order valence-electron chi connectivity index (χ2n) is 6.69. The minimum absolute atomic E-state index is 0.655. The number of aromatic nitrogens is 4. The Hall–Kier alpha value is -2.89. The van der Waals surface area contributed by atoms with E-state index in [-0.39, 0.29) is 0 Å². The van der Waals surface area contributed by atoms with Crippen molar-refractivity contribution in [2.24, 2.45) is 12.0 Å². The van der Waals surface area contributed by atoms with Crippen LogP contribution in [0.1, 0.15) is 36.7 Å². The fourth-order valence-electron chi connectivity index (χ4n) is 3.42. The molecule has 126 valence electrons. The number of nitrogens with zero attached hydrogens (tertiary/aromatic N) is 6. The summed E-state index contributed by atoms with van der Waals surface area (Å²) in [5, 5.41) is 6.94. The molecule has 6 heteroatoms. The van der Waals surface area contributed by atoms with Gasteiger partial charge in [-0.1, -0.05) is 18.2 Å². The second kappa shape index (κ2) is 5.58. The van der Waals surface area contributed by atoms with Gasteiger partial charge in [0.2, 0.25) is 0 Å². The first-order valence-corrected chi connectivity index (χ1v) is 8.78. The Labute approximate surface area is 146 Å². The van der Waals surface area contributed by atoms with Crippen molar-refractivity contribution < 1.29 is 0 Å². The topological polar surface area (TPSA) is 51.2 Å². The van der Waals surface area contributed by atoms with Crippen LogP contribution in [0.3, 0.4) is 0 Å². The van der Waals surface area contributed by atoms with Gasteiger partial charge in [-0.3, -0.25) is 9.69 Å². The SMILES string of the molecule is Cn1nc(C2CC2)cc1N1CCC(=Nc2ccccc2)c2nccn21. The van der Waals surface area contributed by atoms with Crippen LogP contribution < -0.4 is 5.01 Å². The Kier molecular flexibility index (Phi) is 3.23. The summed E-state index contributed by atoms with van der Waals surface area (Å²) in [5.74, 6) is 2.67. The summed E-state index contributed by atoms with van der Waals surface area (Å²) in [6.07, 6.45) is 7.22. The van der Waals surface area contributed by atoms with Crippen molar-refractivity contribution in [1.82, 2.24) is 19.4 Å². The Balaban J connectivity index is 1.52. The molecule has 0 spiro atoms. The molecule has 0 unspecified atom stereocenters. The van der Waals surface area contributed by atoms with Gasteiger partial charge in [-0.15, -0.1) is 0 Å². The molecule has 0 radical (unpaired) electrons. The van der Waals surface area contributed by atoms with Gasteiger partial charge in [0.05, 0.1) is 17.1 Å². The van der Waals surface area contributed by atoms with Crippen LogP contribution in [0.4, 0.5) is 11.5 Å². The second-order valence-corrected chi connectivity index (χ2v) is 6.69. The molecule has 1 aliphatic heterocycles. The average molecular weight is 332 g/mol. The van der Waals surface area contributed by atoms with Crippen LogP contribution in [0.25, 0.3) is 0 Å². The van der Waals surface area contributed by atoms with E-state index in [2.05, 4.69) is 20.7 Å². The molecular weight excluding hydrogens is 312 g/mol. The van der Waals surface area contributed by atoms with E-state index in [0.29, 0.717) is 5.92 Å². The van der Waals surface area contributed by atoms with E-state index >= 15 is 0 Å². The number of hydrogen-bond donors (Lipinski definition) is 0. The standard InChI is InChI=1S/C19H20N6/c1-23-18(13-17(22-23)14-7-8-14)24-11-9-16(19-20-10-12-25(19)24)21-15-5-3-2-4-6-15/h2-6,10,12-14H,7-9,11H2,1H3. The summed E-state index contributed by atoms with van der Waals surface area (Å²) >= 11 is 0. The molecule has 3 heterocycles. The zero-order valence-corrected chi connectivity index (χ0v) is 14.2. The lowest BCUT2D eigenvalue weighted by molar-refractivity contribution is 0.619. The van der Waals surface area contributed by atoms with E-state index in [1.54, 1.807) is 0 Å². The molecule has 1 aliphatic carbocycles. The van der Waals surface area contributed by atoms with Gasteiger partial charge in [-0.25, -0.2) is 14.7 Å². The van der Waals surface area contributed by atoms with Crippen LogP contribution in [0.5, 0.6) is 0 Å². The van der Waals surface area contributed by atoms with Crippen molar-refractivity contribution >= 4 is 17.2 Å². The molecule has 2 aliphatic rings. The first-order chi connectivity index (χ1) is 12.3. The predicted molar refractivity (Wildman–Crippen MR) is 97.4 cm³/mol. The zero-order chi connectivity index (χ0) is 16.8. The summed E-state index contributed by atoms with van der Waals surface area (Å²) < 4.78 is 4.08. The maximum absolute atomic E-state index is 4.81. The molecule has 1 aromatic carbocycles. The molecule has 5 rings (SSSR count). The average Bonchev–Trinajstić information content (AvgIpc) is 3.23. The number of para-hydroxylation sites is 1. The number of hydrogen-bond acceptors (Lipinski definition) is 4. The smallest absolute Gasteiger partial charge is 0.173 e. The van der Waals surface area contributed by atoms with Crippen molar-refractivity contribution in [1.29, 1.82) is 0 Å². The molecule has 0 saturated heterocycles. The maximum atomic E-state index is 4.81. The number of fused-ring (bicyclic) bond motifs is 1. The molecule has 25 heavy (non-hydrogen) atoms. The van der Waals surface area contributed by atoms with Gasteiger partial charge in [0.1, 0.15) is 5.82 Å². The van der Waals surface area contributed by atoms with Crippen LogP contribution in [0.15, 0.2) is 53.8 Å². The molecule has 3 aromatic rings. The summed E-state index contributed by atoms with van der Waals surface area (Å²) in [5.41, 5.74) is 3.21. The quantitative estimate of drug-likeness (QED) is 0.739. The highest BCUT2D eigenvalue weighted by atomic mass is 15.6. The molecule has 2 aromatic heterocycles. The minimum atomic E-state index is 0.655. The molecule has 0 bridgehead atoms. The van der Waals surface area contributed by atoms with Crippen LogP contribution >= 0.6 is 0 Å². The summed E-state index contributed by atoms with van der Waals surface area (Å²) in [6.45, 7) is 0.860. The molecule has 1 saturated carbocycles. The lowest BCUT2D eigenvalue weighted by Gasteiger charge is -2.31. The highest BCUT2D eigenvalue weighted by molar-refractivity contribution is 6.00. The number of anilines is 1. The molecule has 6 nitrogen and oxygen atoms in total. The van der Waals surface area contributed by atoms with Gasteiger partial charge in [0, 0.05) is 44.4 Å². The van der Waals surface area contributed by atoms with Crippen LogP contribution in [0.2, 0.25) is 0 Å². The Morgan fingerprint density at radius 2 is 2.00 bits per heavy atom. The number of rotatable bonds is 3. The van der Waals surface area contributed by atoms with Gasteiger partial charge < -0.3 is 0 Å². The summed E-state index contributed by atoms with van der Waals surface area (Å²) in [4.78, 5) is 9.36. The third-order valence-electron chi connectivity index (χ3n) is 4.85. The largest absolute Gasteiger partial charge is 0.262 e. The van der Waals surface area contributed by atoms with E-state index < -0.39 is 0 Å². The highest BCUT2D eigenvalue weighted by Crippen LogP contribution is 2.40. The van der Waals surface area contributed by atoms with Gasteiger partial charge in [0.25, 0.3) is 0 Å². The monoisotopic (exact) mass is 332 g/mol. The molecule has 0 N–H and O–H groups in total. The van der Waals surface area contributed by atoms with Crippen molar-refractivity contribution in [3.63, 3.8) is 0 Å². The van der Waals surface area contributed by atoms with Crippen LogP contribution in [-0.4, -0.2) is 31.7 Å². The van der Waals surface area contributed by atoms with E-state index in [4.69, 9.17) is 10.1 Å². The Morgan fingerprint density at radius 3 is 2.80 bits per heavy atom. The lowest BCUT2D eigenvalue weighted by Crippen LogP contribution is -2.39. The number of benzene rings is 1. The maximum Gasteiger partial charge on any atom is 0.173 e. The normalized spacial score (nSPS) is 18.6. The van der Waals surface area contributed by atoms with Gasteiger partial charge in [-0.05, 0) is 25.0 Å². The van der Waals surface area contributed by atoms with Crippen molar-refractivity contribution in [2.75, 3.05) is 11.6 Å². The first kappa shape index (κ1) is 14.5. The Morgan fingerprint density at radius 1 is 1.16 bits per heavy atom. The minimum Gasteiger partial charge on any atom is -0.262 e. The van der Waals surface area contributed by atoms with Crippen LogP contribution in [0, 0.1) is 0 Å². The van der Waals surface area contributed by atoms with Crippen molar-refractivity contribution in [3.8, 4) is 0 Å². The molecule has 0 amide bonds. The van der Waals surface area contributed by atoms with Gasteiger partial charge in [0.15, 0.2) is 5.82 Å². The lowest BCUT2D eigenvalue weighted by atomic mass is 10.2. The molecule has 1 fully saturated rings. The van der Waals surface area contributed by atoms with E-state index in [0.717, 1.165) is 36.0 Å². The van der Waals surface area contributed by atoms with E-state index in [9.17, 15) is 0 Å². The van der Waals surface area contributed by atoms with E-state index in [1.807, 2.05) is 54.5 Å². The van der Waals surface area contributed by atoms with Crippen molar-refractivity contribution in [2.45, 2.75) is 25.2 Å².